The van der Waals surface area contributed by atoms with Gasteiger partial charge in [0.1, 0.15) is 6.04 Å². The Balaban J connectivity index is 2.18. The average Bonchev–Trinajstić information content (AvgIpc) is 2.43. The molecule has 0 saturated heterocycles. The van der Waals surface area contributed by atoms with E-state index in [1.54, 1.807) is 19.9 Å². The third-order valence-electron chi connectivity index (χ3n) is 3.02. The molecule has 0 spiro atoms. The lowest BCUT2D eigenvalue weighted by atomic mass is 10.2. The molecule has 0 aliphatic carbocycles. The Labute approximate surface area is 117 Å². The van der Waals surface area contributed by atoms with E-state index < -0.39 is 6.04 Å². The van der Waals surface area contributed by atoms with Gasteiger partial charge < -0.3 is 5.32 Å². The Morgan fingerprint density at radius 2 is 1.80 bits per heavy atom. The third-order valence-corrected chi connectivity index (χ3v) is 3.02. The topological polar surface area (TPSA) is 64.0 Å². The lowest BCUT2D eigenvalue weighted by molar-refractivity contribution is -0.119. The smallest absolute Gasteiger partial charge is 0.267 e. The molecule has 1 atom stereocenters. The third kappa shape index (κ3) is 3.12. The molecule has 0 radical (unpaired) electrons. The van der Waals surface area contributed by atoms with Crippen LogP contribution in [0.4, 0.5) is 5.69 Å². The van der Waals surface area contributed by atoms with Crippen molar-refractivity contribution in [1.82, 2.24) is 9.78 Å². The molecule has 1 heterocycles. The monoisotopic (exact) mass is 271 g/mol. The van der Waals surface area contributed by atoms with Crippen molar-refractivity contribution in [3.05, 3.63) is 58.0 Å². The number of benzene rings is 1. The molecule has 2 rings (SSSR count). The van der Waals surface area contributed by atoms with Crippen molar-refractivity contribution in [3.63, 3.8) is 0 Å². The summed E-state index contributed by atoms with van der Waals surface area (Å²) in [6, 6.07) is 9.86. The minimum atomic E-state index is -0.663. The molecule has 2 aromatic rings. The quantitative estimate of drug-likeness (QED) is 0.929. The van der Waals surface area contributed by atoms with Crippen molar-refractivity contribution in [2.75, 3.05) is 5.32 Å². The van der Waals surface area contributed by atoms with Crippen LogP contribution in [0.3, 0.4) is 0 Å². The molecule has 1 unspecified atom stereocenters. The van der Waals surface area contributed by atoms with Gasteiger partial charge in [0.05, 0.1) is 5.69 Å². The number of carbonyl (C=O) groups is 1. The summed E-state index contributed by atoms with van der Waals surface area (Å²) in [4.78, 5) is 23.9. The van der Waals surface area contributed by atoms with Gasteiger partial charge in [-0.3, -0.25) is 9.59 Å². The first-order valence-corrected chi connectivity index (χ1v) is 6.41. The van der Waals surface area contributed by atoms with E-state index in [0.29, 0.717) is 11.4 Å². The number of aryl methyl sites for hydroxylation is 2. The Hall–Kier alpha value is -2.43. The van der Waals surface area contributed by atoms with Gasteiger partial charge >= 0.3 is 0 Å². The van der Waals surface area contributed by atoms with Crippen LogP contribution < -0.4 is 10.9 Å². The first kappa shape index (κ1) is 14.0. The second kappa shape index (κ2) is 5.69. The van der Waals surface area contributed by atoms with Gasteiger partial charge in [0.15, 0.2) is 0 Å². The van der Waals surface area contributed by atoms with Crippen molar-refractivity contribution in [2.45, 2.75) is 26.8 Å². The molecule has 20 heavy (non-hydrogen) atoms. The molecule has 0 saturated carbocycles. The number of hydrogen-bond donors (Lipinski definition) is 1. The van der Waals surface area contributed by atoms with Crippen LogP contribution in [0.5, 0.6) is 0 Å². The minimum Gasteiger partial charge on any atom is -0.324 e. The van der Waals surface area contributed by atoms with Crippen LogP contribution in [-0.2, 0) is 4.79 Å². The summed E-state index contributed by atoms with van der Waals surface area (Å²) in [5.74, 6) is -0.269. The fraction of sp³-hybridized carbons (Fsp3) is 0.267. The fourth-order valence-corrected chi connectivity index (χ4v) is 1.79. The van der Waals surface area contributed by atoms with Gasteiger partial charge in [-0.05, 0) is 39.0 Å². The summed E-state index contributed by atoms with van der Waals surface area (Å²) in [6.45, 7) is 5.41. The van der Waals surface area contributed by atoms with Crippen LogP contribution >= 0.6 is 0 Å². The van der Waals surface area contributed by atoms with Crippen LogP contribution in [0, 0.1) is 13.8 Å². The van der Waals surface area contributed by atoms with Gasteiger partial charge in [0.25, 0.3) is 5.56 Å². The molecule has 0 aliphatic heterocycles. The molecule has 104 valence electrons. The maximum Gasteiger partial charge on any atom is 0.267 e. The number of anilines is 1. The van der Waals surface area contributed by atoms with E-state index in [0.717, 1.165) is 5.56 Å². The number of amides is 1. The lowest BCUT2D eigenvalue weighted by Crippen LogP contribution is -2.33. The van der Waals surface area contributed by atoms with Gasteiger partial charge in [-0.2, -0.15) is 5.10 Å². The van der Waals surface area contributed by atoms with Crippen LogP contribution in [-0.4, -0.2) is 15.7 Å². The van der Waals surface area contributed by atoms with Gasteiger partial charge in [-0.25, -0.2) is 4.68 Å². The molecule has 1 N–H and O–H groups in total. The van der Waals surface area contributed by atoms with Crippen molar-refractivity contribution in [2.24, 2.45) is 0 Å². The lowest BCUT2D eigenvalue weighted by Gasteiger charge is -2.14. The maximum atomic E-state index is 12.2. The van der Waals surface area contributed by atoms with Crippen molar-refractivity contribution >= 4 is 11.6 Å². The van der Waals surface area contributed by atoms with E-state index in [9.17, 15) is 9.59 Å². The highest BCUT2D eigenvalue weighted by Gasteiger charge is 2.17. The normalized spacial score (nSPS) is 11.9. The molecule has 5 nitrogen and oxygen atoms in total. The molecular weight excluding hydrogens is 254 g/mol. The Kier molecular flexibility index (Phi) is 3.98. The van der Waals surface area contributed by atoms with Crippen molar-refractivity contribution in [3.8, 4) is 0 Å². The molecule has 1 aromatic carbocycles. The summed E-state index contributed by atoms with van der Waals surface area (Å²) >= 11 is 0. The van der Waals surface area contributed by atoms with Crippen LogP contribution in [0.15, 0.2) is 41.2 Å². The first-order valence-electron chi connectivity index (χ1n) is 6.41. The zero-order chi connectivity index (χ0) is 14.7. The number of rotatable bonds is 3. The number of nitrogens with zero attached hydrogens (tertiary/aromatic N) is 2. The van der Waals surface area contributed by atoms with Crippen LogP contribution in [0.2, 0.25) is 0 Å². The molecule has 0 bridgehead atoms. The Bertz CT molecular complexity index is 674. The number of carbonyl (C=O) groups excluding carboxylic acids is 1. The Morgan fingerprint density at radius 1 is 1.15 bits per heavy atom. The van der Waals surface area contributed by atoms with Gasteiger partial charge in [0, 0.05) is 11.8 Å². The Morgan fingerprint density at radius 3 is 2.45 bits per heavy atom. The van der Waals surface area contributed by atoms with E-state index in [1.807, 2.05) is 31.2 Å². The highest BCUT2D eigenvalue weighted by Crippen LogP contribution is 2.11. The van der Waals surface area contributed by atoms with Crippen LogP contribution in [0.25, 0.3) is 0 Å². The van der Waals surface area contributed by atoms with Crippen molar-refractivity contribution in [1.29, 1.82) is 0 Å². The van der Waals surface area contributed by atoms with Crippen LogP contribution in [0.1, 0.15) is 24.2 Å². The highest BCUT2D eigenvalue weighted by molar-refractivity contribution is 5.93. The number of nitrogens with one attached hydrogen (secondary N) is 1. The van der Waals surface area contributed by atoms with Gasteiger partial charge in [0.2, 0.25) is 5.91 Å². The van der Waals surface area contributed by atoms with Crippen molar-refractivity contribution < 1.29 is 4.79 Å². The summed E-state index contributed by atoms with van der Waals surface area (Å²) < 4.78 is 1.19. The zero-order valence-electron chi connectivity index (χ0n) is 11.8. The number of aromatic nitrogens is 2. The summed E-state index contributed by atoms with van der Waals surface area (Å²) in [5.41, 5.74) is 2.22. The molecule has 0 fully saturated rings. The SMILES string of the molecule is Cc1ccc(NC(=O)C(C)n2nc(C)ccc2=O)cc1. The van der Waals surface area contributed by atoms with E-state index in [4.69, 9.17) is 0 Å². The molecular formula is C15H17N3O2. The summed E-state index contributed by atoms with van der Waals surface area (Å²) in [7, 11) is 0. The van der Waals surface area contributed by atoms with E-state index in [1.165, 1.54) is 10.7 Å². The van der Waals surface area contributed by atoms with E-state index in [-0.39, 0.29) is 11.5 Å². The number of hydrogen-bond acceptors (Lipinski definition) is 3. The maximum absolute atomic E-state index is 12.2. The fourth-order valence-electron chi connectivity index (χ4n) is 1.79. The molecule has 1 amide bonds. The average molecular weight is 271 g/mol. The predicted molar refractivity (Wildman–Crippen MR) is 77.8 cm³/mol. The molecule has 5 heteroatoms. The summed E-state index contributed by atoms with van der Waals surface area (Å²) in [6.07, 6.45) is 0. The second-order valence-electron chi connectivity index (χ2n) is 4.79. The highest BCUT2D eigenvalue weighted by atomic mass is 16.2. The first-order chi connectivity index (χ1) is 9.47. The minimum absolute atomic E-state index is 0.269. The standard InChI is InChI=1S/C15H17N3O2/c1-10-4-7-13(8-5-10)16-15(20)12(3)18-14(19)9-6-11(2)17-18/h4-9,12H,1-3H3,(H,16,20). The zero-order valence-corrected chi connectivity index (χ0v) is 11.8. The summed E-state index contributed by atoms with van der Waals surface area (Å²) in [5, 5.41) is 6.87. The molecule has 0 aliphatic rings. The second-order valence-corrected chi connectivity index (χ2v) is 4.79. The van der Waals surface area contributed by atoms with Gasteiger partial charge in [-0.1, -0.05) is 17.7 Å². The largest absolute Gasteiger partial charge is 0.324 e. The predicted octanol–water partition coefficient (Wildman–Crippen LogP) is 2.06. The molecule has 1 aromatic heterocycles. The van der Waals surface area contributed by atoms with E-state index in [2.05, 4.69) is 10.4 Å². The van der Waals surface area contributed by atoms with Gasteiger partial charge in [-0.15, -0.1) is 0 Å². The van der Waals surface area contributed by atoms with E-state index >= 15 is 0 Å².